The molecule has 0 saturated carbocycles. The Hall–Kier alpha value is -2.04. The Bertz CT molecular complexity index is 372. The van der Waals surface area contributed by atoms with E-state index in [1.807, 2.05) is 0 Å². The molecule has 0 aliphatic rings. The van der Waals surface area contributed by atoms with Crippen molar-refractivity contribution >= 4 is 12.1 Å². The molecule has 1 aromatic rings. The van der Waals surface area contributed by atoms with Crippen molar-refractivity contribution in [2.75, 3.05) is 6.79 Å². The van der Waals surface area contributed by atoms with Gasteiger partial charge in [0.05, 0.1) is 11.7 Å². The number of ether oxygens (including phenoxy) is 3. The maximum absolute atomic E-state index is 11.4. The third-order valence-electron chi connectivity index (χ3n) is 1.65. The summed E-state index contributed by atoms with van der Waals surface area (Å²) in [7, 11) is 0. The van der Waals surface area contributed by atoms with E-state index in [4.69, 9.17) is 4.74 Å². The summed E-state index contributed by atoms with van der Waals surface area (Å²) in [6.07, 6.45) is -1.14. The lowest BCUT2D eigenvalue weighted by atomic mass is 10.2. The molecule has 0 spiro atoms. The number of esters is 1. The maximum Gasteiger partial charge on any atom is 0.511 e. The van der Waals surface area contributed by atoms with Gasteiger partial charge in [-0.25, -0.2) is 9.59 Å². The van der Waals surface area contributed by atoms with Crippen molar-refractivity contribution in [2.45, 2.75) is 20.0 Å². The van der Waals surface area contributed by atoms with Crippen LogP contribution in [0.4, 0.5) is 4.79 Å². The maximum atomic E-state index is 11.4. The highest BCUT2D eigenvalue weighted by molar-refractivity contribution is 5.89. The average molecular weight is 237 g/mol. The molecule has 0 amide bonds. The molecule has 17 heavy (non-hydrogen) atoms. The molecular formula is C12H13O5. The molecule has 0 bridgehead atoms. The Kier molecular flexibility index (Phi) is 5.00. The van der Waals surface area contributed by atoms with Crippen LogP contribution >= 0.6 is 0 Å². The summed E-state index contributed by atoms with van der Waals surface area (Å²) in [4.78, 5) is 22.3. The predicted octanol–water partition coefficient (Wildman–Crippen LogP) is 2.16. The van der Waals surface area contributed by atoms with Gasteiger partial charge in [-0.3, -0.25) is 0 Å². The van der Waals surface area contributed by atoms with Gasteiger partial charge in [-0.05, 0) is 32.0 Å². The zero-order valence-electron chi connectivity index (χ0n) is 9.64. The van der Waals surface area contributed by atoms with Crippen LogP contribution in [0.1, 0.15) is 24.2 Å². The van der Waals surface area contributed by atoms with Crippen molar-refractivity contribution in [3.8, 4) is 0 Å². The Morgan fingerprint density at radius 2 is 1.88 bits per heavy atom. The van der Waals surface area contributed by atoms with Crippen molar-refractivity contribution < 1.29 is 23.8 Å². The van der Waals surface area contributed by atoms with Crippen molar-refractivity contribution in [1.82, 2.24) is 0 Å². The van der Waals surface area contributed by atoms with Crippen LogP contribution in [-0.4, -0.2) is 25.0 Å². The number of benzene rings is 1. The van der Waals surface area contributed by atoms with Crippen LogP contribution in [0.25, 0.3) is 0 Å². The first kappa shape index (κ1) is 13.0. The summed E-state index contributed by atoms with van der Waals surface area (Å²) in [5, 5.41) is 0. The number of rotatable bonds is 4. The fraction of sp³-hybridized carbons (Fsp3) is 0.333. The van der Waals surface area contributed by atoms with E-state index in [9.17, 15) is 9.59 Å². The highest BCUT2D eigenvalue weighted by Crippen LogP contribution is 2.01. The molecule has 91 valence electrons. The van der Waals surface area contributed by atoms with Crippen molar-refractivity contribution in [1.29, 1.82) is 0 Å². The van der Waals surface area contributed by atoms with E-state index in [2.05, 4.69) is 15.5 Å². The van der Waals surface area contributed by atoms with Gasteiger partial charge in [-0.1, -0.05) is 12.1 Å². The Balaban J connectivity index is 2.28. The normalized spacial score (nSPS) is 9.82. The number of carbonyl (C=O) groups is 2. The summed E-state index contributed by atoms with van der Waals surface area (Å²) >= 11 is 0. The fourth-order valence-electron chi connectivity index (χ4n) is 0.964. The fourth-order valence-corrected chi connectivity index (χ4v) is 0.964. The van der Waals surface area contributed by atoms with Gasteiger partial charge in [-0.2, -0.15) is 0 Å². The number of hydrogen-bond donors (Lipinski definition) is 0. The van der Waals surface area contributed by atoms with Gasteiger partial charge in [0.15, 0.2) is 0 Å². The topological polar surface area (TPSA) is 61.8 Å². The SMILES string of the molecule is CC(C)OC(=O)OCOC(=O)c1cc[c]cc1. The average Bonchev–Trinajstić information content (AvgIpc) is 2.29. The van der Waals surface area contributed by atoms with E-state index in [0.29, 0.717) is 5.56 Å². The first-order valence-corrected chi connectivity index (χ1v) is 5.06. The largest absolute Gasteiger partial charge is 0.511 e. The quantitative estimate of drug-likeness (QED) is 0.593. The smallest absolute Gasteiger partial charge is 0.431 e. The third-order valence-corrected chi connectivity index (χ3v) is 1.65. The number of carbonyl (C=O) groups excluding carboxylic acids is 2. The van der Waals surface area contributed by atoms with Gasteiger partial charge in [0.2, 0.25) is 6.79 Å². The summed E-state index contributed by atoms with van der Waals surface area (Å²) in [6, 6.07) is 9.05. The second kappa shape index (κ2) is 6.52. The Morgan fingerprint density at radius 1 is 1.24 bits per heavy atom. The number of hydrogen-bond acceptors (Lipinski definition) is 5. The molecule has 0 unspecified atom stereocenters. The van der Waals surface area contributed by atoms with Gasteiger partial charge in [-0.15, -0.1) is 0 Å². The van der Waals surface area contributed by atoms with Gasteiger partial charge >= 0.3 is 12.1 Å². The molecular weight excluding hydrogens is 224 g/mol. The molecule has 5 heteroatoms. The third kappa shape index (κ3) is 5.01. The van der Waals surface area contributed by atoms with Crippen LogP contribution in [0, 0.1) is 6.07 Å². The van der Waals surface area contributed by atoms with Crippen LogP contribution in [-0.2, 0) is 14.2 Å². The zero-order valence-corrected chi connectivity index (χ0v) is 9.64. The van der Waals surface area contributed by atoms with E-state index in [0.717, 1.165) is 0 Å². The molecule has 1 rings (SSSR count). The Morgan fingerprint density at radius 3 is 2.47 bits per heavy atom. The highest BCUT2D eigenvalue weighted by Gasteiger charge is 2.09. The lowest BCUT2D eigenvalue weighted by molar-refractivity contribution is -0.0344. The van der Waals surface area contributed by atoms with Crippen molar-refractivity contribution in [3.05, 3.63) is 35.9 Å². The summed E-state index contributed by atoms with van der Waals surface area (Å²) in [5.41, 5.74) is 0.365. The molecule has 1 radical (unpaired) electrons. The van der Waals surface area contributed by atoms with E-state index in [1.165, 1.54) is 0 Å². The lowest BCUT2D eigenvalue weighted by Gasteiger charge is -2.08. The van der Waals surface area contributed by atoms with Crippen LogP contribution in [0.3, 0.4) is 0 Å². The molecule has 0 aliphatic carbocycles. The molecule has 0 saturated heterocycles. The standard InChI is InChI=1S/C12H13O5/c1-9(2)17-12(14)16-8-15-11(13)10-6-4-3-5-7-10/h4-7,9H,8H2,1-2H3. The molecule has 0 heterocycles. The molecule has 0 aromatic heterocycles. The molecule has 1 aromatic carbocycles. The molecule has 0 N–H and O–H groups in total. The minimum Gasteiger partial charge on any atom is -0.431 e. The van der Waals surface area contributed by atoms with Gasteiger partial charge in [0.25, 0.3) is 0 Å². The highest BCUT2D eigenvalue weighted by atomic mass is 16.8. The van der Waals surface area contributed by atoms with Gasteiger partial charge in [0.1, 0.15) is 0 Å². The molecule has 0 atom stereocenters. The van der Waals surface area contributed by atoms with Gasteiger partial charge in [0, 0.05) is 0 Å². The van der Waals surface area contributed by atoms with Crippen LogP contribution in [0.5, 0.6) is 0 Å². The lowest BCUT2D eigenvalue weighted by Crippen LogP contribution is -2.16. The predicted molar refractivity (Wildman–Crippen MR) is 58.3 cm³/mol. The first-order valence-electron chi connectivity index (χ1n) is 5.06. The second-order valence-corrected chi connectivity index (χ2v) is 3.40. The van der Waals surface area contributed by atoms with Crippen molar-refractivity contribution in [2.24, 2.45) is 0 Å². The van der Waals surface area contributed by atoms with Gasteiger partial charge < -0.3 is 14.2 Å². The molecule has 5 nitrogen and oxygen atoms in total. The first-order chi connectivity index (χ1) is 8.09. The molecule has 0 aliphatic heterocycles. The van der Waals surface area contributed by atoms with E-state index >= 15 is 0 Å². The zero-order chi connectivity index (χ0) is 12.7. The Labute approximate surface area is 99.3 Å². The summed E-state index contributed by atoms with van der Waals surface area (Å²) in [6.45, 7) is 2.91. The van der Waals surface area contributed by atoms with Crippen LogP contribution in [0.2, 0.25) is 0 Å². The van der Waals surface area contributed by atoms with E-state index in [1.54, 1.807) is 38.1 Å². The monoisotopic (exact) mass is 237 g/mol. The summed E-state index contributed by atoms with van der Waals surface area (Å²) < 4.78 is 13.9. The van der Waals surface area contributed by atoms with E-state index in [-0.39, 0.29) is 6.10 Å². The van der Waals surface area contributed by atoms with E-state index < -0.39 is 18.9 Å². The van der Waals surface area contributed by atoms with Crippen LogP contribution in [0.15, 0.2) is 24.3 Å². The second-order valence-electron chi connectivity index (χ2n) is 3.40. The van der Waals surface area contributed by atoms with Crippen LogP contribution < -0.4 is 0 Å². The van der Waals surface area contributed by atoms with Crippen molar-refractivity contribution in [3.63, 3.8) is 0 Å². The minimum absolute atomic E-state index is 0.275. The molecule has 0 fully saturated rings. The minimum atomic E-state index is -0.866. The summed E-state index contributed by atoms with van der Waals surface area (Å²) in [5.74, 6) is -0.573.